The first-order valence-electron chi connectivity index (χ1n) is 4.90. The molecule has 1 fully saturated rings. The Bertz CT molecular complexity index is 411. The van der Waals surface area contributed by atoms with Gasteiger partial charge < -0.3 is 5.32 Å². The molecule has 1 amide bonds. The van der Waals surface area contributed by atoms with Crippen LogP contribution in [-0.4, -0.2) is 17.3 Å². The summed E-state index contributed by atoms with van der Waals surface area (Å²) in [6.07, 6.45) is 3.10. The van der Waals surface area contributed by atoms with E-state index in [9.17, 15) is 4.79 Å². The molecule has 0 aromatic carbocycles. The van der Waals surface area contributed by atoms with Crippen molar-refractivity contribution < 1.29 is 4.79 Å². The Morgan fingerprint density at radius 1 is 1.56 bits per heavy atom. The van der Waals surface area contributed by atoms with Gasteiger partial charge in [0.1, 0.15) is 0 Å². The topological polar surface area (TPSA) is 29.1 Å². The largest absolute Gasteiger partial charge is 0.345 e. The number of alkyl halides is 1. The van der Waals surface area contributed by atoms with Crippen molar-refractivity contribution in [1.82, 2.24) is 5.32 Å². The number of thiophene rings is 1. The molecule has 0 aliphatic heterocycles. The summed E-state index contributed by atoms with van der Waals surface area (Å²) in [5, 5.41) is 3.03. The van der Waals surface area contributed by atoms with Gasteiger partial charge in [0, 0.05) is 5.88 Å². The molecule has 0 atom stereocenters. The van der Waals surface area contributed by atoms with E-state index < -0.39 is 0 Å². The molecule has 1 saturated carbocycles. The fraction of sp³-hybridized carbons (Fsp3) is 0.500. The predicted molar refractivity (Wildman–Crippen MR) is 74.5 cm³/mol. The van der Waals surface area contributed by atoms with Crippen molar-refractivity contribution in [2.75, 3.05) is 5.88 Å². The molecular formula is C10H10Br2ClNOS. The number of rotatable bonds is 3. The quantitative estimate of drug-likeness (QED) is 0.775. The van der Waals surface area contributed by atoms with Gasteiger partial charge in [0.2, 0.25) is 0 Å². The highest BCUT2D eigenvalue weighted by Crippen LogP contribution is 2.35. The van der Waals surface area contributed by atoms with E-state index in [1.165, 1.54) is 11.3 Å². The van der Waals surface area contributed by atoms with Crippen LogP contribution >= 0.6 is 54.8 Å². The highest BCUT2D eigenvalue weighted by Gasteiger charge is 2.38. The second-order valence-electron chi connectivity index (χ2n) is 3.96. The monoisotopic (exact) mass is 385 g/mol. The van der Waals surface area contributed by atoms with Gasteiger partial charge in [-0.1, -0.05) is 0 Å². The Morgan fingerprint density at radius 2 is 2.25 bits per heavy atom. The Hall–Kier alpha value is 0.420. The molecule has 0 saturated heterocycles. The fourth-order valence-corrected chi connectivity index (χ4v) is 4.83. The Kier molecular flexibility index (Phi) is 3.99. The van der Waals surface area contributed by atoms with Crippen molar-refractivity contribution in [2.45, 2.75) is 24.8 Å². The zero-order chi connectivity index (χ0) is 11.8. The molecule has 1 aliphatic carbocycles. The lowest BCUT2D eigenvalue weighted by Gasteiger charge is -2.40. The molecule has 16 heavy (non-hydrogen) atoms. The van der Waals surface area contributed by atoms with E-state index in [0.29, 0.717) is 11.4 Å². The van der Waals surface area contributed by atoms with E-state index in [-0.39, 0.29) is 11.4 Å². The highest BCUT2D eigenvalue weighted by molar-refractivity contribution is 9.12. The summed E-state index contributed by atoms with van der Waals surface area (Å²) in [5.74, 6) is 0.441. The molecule has 1 N–H and O–H groups in total. The van der Waals surface area contributed by atoms with E-state index in [4.69, 9.17) is 11.6 Å². The number of nitrogens with one attached hydrogen (secondary N) is 1. The SMILES string of the molecule is O=C(NC1(CCl)CCC1)c1cc(Br)sc1Br. The molecule has 1 aromatic heterocycles. The van der Waals surface area contributed by atoms with Crippen LogP contribution in [0, 0.1) is 0 Å². The van der Waals surface area contributed by atoms with Gasteiger partial charge >= 0.3 is 0 Å². The highest BCUT2D eigenvalue weighted by atomic mass is 79.9. The number of carbonyl (C=O) groups is 1. The minimum absolute atomic E-state index is 0.0471. The van der Waals surface area contributed by atoms with E-state index in [1.54, 1.807) is 0 Å². The zero-order valence-corrected chi connectivity index (χ0v) is 13.1. The molecule has 1 aliphatic rings. The molecule has 6 heteroatoms. The number of hydrogen-bond donors (Lipinski definition) is 1. The lowest BCUT2D eigenvalue weighted by Crippen LogP contribution is -2.55. The van der Waals surface area contributed by atoms with E-state index in [1.807, 2.05) is 6.07 Å². The van der Waals surface area contributed by atoms with Crippen molar-refractivity contribution in [3.63, 3.8) is 0 Å². The number of amides is 1. The smallest absolute Gasteiger partial charge is 0.253 e. The first kappa shape index (κ1) is 12.9. The van der Waals surface area contributed by atoms with Crippen LogP contribution in [0.1, 0.15) is 29.6 Å². The van der Waals surface area contributed by atoms with Crippen LogP contribution in [0.2, 0.25) is 0 Å². The number of carbonyl (C=O) groups excluding carboxylic acids is 1. The molecule has 1 aromatic rings. The van der Waals surface area contributed by atoms with Crippen molar-refractivity contribution >= 4 is 60.7 Å². The summed E-state index contributed by atoms with van der Waals surface area (Å²) >= 11 is 14.1. The Morgan fingerprint density at radius 3 is 2.62 bits per heavy atom. The zero-order valence-electron chi connectivity index (χ0n) is 8.36. The van der Waals surface area contributed by atoms with Crippen molar-refractivity contribution in [1.29, 1.82) is 0 Å². The lowest BCUT2D eigenvalue weighted by molar-refractivity contribution is 0.0853. The van der Waals surface area contributed by atoms with Crippen LogP contribution in [0.4, 0.5) is 0 Å². The third kappa shape index (κ3) is 2.47. The molecule has 88 valence electrons. The Labute approximate surface area is 120 Å². The molecule has 2 rings (SSSR count). The van der Waals surface area contributed by atoms with Gasteiger partial charge in [-0.25, -0.2) is 0 Å². The van der Waals surface area contributed by atoms with E-state index in [2.05, 4.69) is 37.2 Å². The summed E-state index contributed by atoms with van der Waals surface area (Å²) in [6.45, 7) is 0. The summed E-state index contributed by atoms with van der Waals surface area (Å²) in [4.78, 5) is 12.0. The van der Waals surface area contributed by atoms with Gasteiger partial charge in [0.25, 0.3) is 5.91 Å². The van der Waals surface area contributed by atoms with Crippen LogP contribution in [0.3, 0.4) is 0 Å². The van der Waals surface area contributed by atoms with Gasteiger partial charge in [0.15, 0.2) is 0 Å². The summed E-state index contributed by atoms with van der Waals surface area (Å²) < 4.78 is 1.79. The average Bonchev–Trinajstić information content (AvgIpc) is 2.51. The predicted octanol–water partition coefficient (Wildman–Crippen LogP) is 4.16. The van der Waals surface area contributed by atoms with Gasteiger partial charge in [-0.15, -0.1) is 22.9 Å². The molecule has 0 radical (unpaired) electrons. The van der Waals surface area contributed by atoms with Crippen LogP contribution < -0.4 is 5.32 Å². The second-order valence-corrected chi connectivity index (χ2v) is 7.98. The van der Waals surface area contributed by atoms with Crippen LogP contribution in [0.25, 0.3) is 0 Å². The average molecular weight is 388 g/mol. The first-order valence-corrected chi connectivity index (χ1v) is 7.83. The van der Waals surface area contributed by atoms with Gasteiger partial charge in [-0.05, 0) is 57.2 Å². The maximum atomic E-state index is 12.0. The maximum Gasteiger partial charge on any atom is 0.253 e. The summed E-state index contributed by atoms with van der Waals surface area (Å²) in [6, 6.07) is 1.82. The van der Waals surface area contributed by atoms with E-state index in [0.717, 1.165) is 26.8 Å². The minimum atomic E-state index is -0.174. The normalized spacial score (nSPS) is 17.9. The molecule has 1 heterocycles. The van der Waals surface area contributed by atoms with Crippen molar-refractivity contribution in [3.8, 4) is 0 Å². The minimum Gasteiger partial charge on any atom is -0.345 e. The van der Waals surface area contributed by atoms with Gasteiger partial charge in [0.05, 0.1) is 18.7 Å². The molecule has 0 unspecified atom stereocenters. The van der Waals surface area contributed by atoms with E-state index >= 15 is 0 Å². The van der Waals surface area contributed by atoms with Gasteiger partial charge in [-0.3, -0.25) is 4.79 Å². The van der Waals surface area contributed by atoms with Crippen LogP contribution in [-0.2, 0) is 0 Å². The lowest BCUT2D eigenvalue weighted by atomic mass is 9.78. The molecule has 0 spiro atoms. The first-order chi connectivity index (χ1) is 7.56. The fourth-order valence-electron chi connectivity index (χ4n) is 1.70. The van der Waals surface area contributed by atoms with Crippen LogP contribution in [0.15, 0.2) is 13.6 Å². The second kappa shape index (κ2) is 4.96. The molecule has 0 bridgehead atoms. The van der Waals surface area contributed by atoms with Crippen molar-refractivity contribution in [3.05, 3.63) is 19.2 Å². The number of halogens is 3. The third-order valence-corrected chi connectivity index (χ3v) is 5.70. The summed E-state index contributed by atoms with van der Waals surface area (Å²) in [7, 11) is 0. The number of hydrogen-bond acceptors (Lipinski definition) is 2. The maximum absolute atomic E-state index is 12.0. The Balaban J connectivity index is 2.11. The summed E-state index contributed by atoms with van der Waals surface area (Å²) in [5.41, 5.74) is 0.500. The van der Waals surface area contributed by atoms with Gasteiger partial charge in [-0.2, -0.15) is 0 Å². The molecule has 2 nitrogen and oxygen atoms in total. The van der Waals surface area contributed by atoms with Crippen LogP contribution in [0.5, 0.6) is 0 Å². The third-order valence-electron chi connectivity index (χ3n) is 2.85. The molecular weight excluding hydrogens is 377 g/mol. The van der Waals surface area contributed by atoms with Crippen molar-refractivity contribution in [2.24, 2.45) is 0 Å². The standard InChI is InChI=1S/C10H10Br2ClNOS/c11-7-4-6(8(12)16-7)9(15)14-10(5-13)2-1-3-10/h4H,1-3,5H2,(H,14,15).